The normalized spacial score (nSPS) is 11.1. The van der Waals surface area contributed by atoms with Crippen LogP contribution in [0.5, 0.6) is 0 Å². The molecule has 0 spiro atoms. The highest BCUT2D eigenvalue weighted by atomic mass is 16.7. The Morgan fingerprint density at radius 2 is 1.16 bits per heavy atom. The molecule has 45 heavy (non-hydrogen) atoms. The monoisotopic (exact) mass is 632 g/mol. The summed E-state index contributed by atoms with van der Waals surface area (Å²) in [5.74, 6) is -1.84. The van der Waals surface area contributed by atoms with Gasteiger partial charge in [-0.1, -0.05) is 60.7 Å². The second kappa shape index (κ2) is 21.1. The Hall–Kier alpha value is -4.69. The van der Waals surface area contributed by atoms with Gasteiger partial charge < -0.3 is 23.7 Å². The maximum atomic E-state index is 12.6. The van der Waals surface area contributed by atoms with Crippen molar-refractivity contribution in [2.75, 3.05) is 41.1 Å². The van der Waals surface area contributed by atoms with E-state index in [9.17, 15) is 24.0 Å². The van der Waals surface area contributed by atoms with Gasteiger partial charge in [-0.15, -0.1) is 0 Å². The number of hydrogen-bond acceptors (Lipinski definition) is 12. The van der Waals surface area contributed by atoms with Crippen LogP contribution in [0.25, 0.3) is 0 Å². The summed E-state index contributed by atoms with van der Waals surface area (Å²) in [6.07, 6.45) is -1.36. The number of nitrogens with zero attached hydrogens (tertiary/aromatic N) is 2. The van der Waals surface area contributed by atoms with Crippen LogP contribution < -0.4 is 0 Å². The number of esters is 3. The van der Waals surface area contributed by atoms with Crippen molar-refractivity contribution in [1.82, 2.24) is 10.1 Å². The molecule has 14 heteroatoms. The minimum Gasteiger partial charge on any atom is -0.467 e. The van der Waals surface area contributed by atoms with Gasteiger partial charge in [0.05, 0.1) is 40.7 Å². The Morgan fingerprint density at radius 1 is 0.644 bits per heavy atom. The van der Waals surface area contributed by atoms with Crippen LogP contribution in [-0.4, -0.2) is 87.4 Å². The standard InChI is InChI=1S/C31H40N2O12/c1-39-29(36)26(33(41-3)31(38)43-21-18-28(35)45-23-25-14-8-5-9-15-25)16-10-11-19-32(40-2)30(37)42-20-17-27(34)44-22-24-12-6-4-7-13-24/h4-9,12-15,26H,10-11,16-23H2,1-3H3/t26-/m1/s1. The number of carbonyl (C=O) groups is 5. The van der Waals surface area contributed by atoms with Gasteiger partial charge in [-0.25, -0.2) is 14.4 Å². The van der Waals surface area contributed by atoms with Gasteiger partial charge in [0.15, 0.2) is 6.04 Å². The van der Waals surface area contributed by atoms with Crippen LogP contribution in [0.1, 0.15) is 43.2 Å². The molecule has 1 atom stereocenters. The highest BCUT2D eigenvalue weighted by molar-refractivity contribution is 5.80. The van der Waals surface area contributed by atoms with E-state index in [4.69, 9.17) is 33.4 Å². The first-order chi connectivity index (χ1) is 21.8. The van der Waals surface area contributed by atoms with E-state index in [1.54, 1.807) is 0 Å². The van der Waals surface area contributed by atoms with Crippen molar-refractivity contribution in [1.29, 1.82) is 0 Å². The van der Waals surface area contributed by atoms with E-state index in [2.05, 4.69) is 0 Å². The molecule has 0 aliphatic carbocycles. The van der Waals surface area contributed by atoms with Crippen molar-refractivity contribution in [2.24, 2.45) is 0 Å². The number of rotatable bonds is 19. The molecule has 0 fully saturated rings. The molecule has 0 N–H and O–H groups in total. The van der Waals surface area contributed by atoms with Gasteiger partial charge in [0.2, 0.25) is 0 Å². The number of hydrogen-bond donors (Lipinski definition) is 0. The van der Waals surface area contributed by atoms with Gasteiger partial charge in [0.1, 0.15) is 26.4 Å². The summed E-state index contributed by atoms with van der Waals surface area (Å²) in [4.78, 5) is 71.5. The summed E-state index contributed by atoms with van der Waals surface area (Å²) in [6.45, 7) is -0.205. The molecular formula is C31H40N2O12. The zero-order valence-corrected chi connectivity index (χ0v) is 25.7. The Kier molecular flexibility index (Phi) is 17.1. The van der Waals surface area contributed by atoms with E-state index in [-0.39, 0.29) is 52.2 Å². The molecule has 0 radical (unpaired) electrons. The number of benzene rings is 2. The van der Waals surface area contributed by atoms with Crippen LogP contribution in [0.2, 0.25) is 0 Å². The first kappa shape index (κ1) is 36.5. The largest absolute Gasteiger partial charge is 0.467 e. The molecule has 0 unspecified atom stereocenters. The van der Waals surface area contributed by atoms with E-state index in [0.29, 0.717) is 12.8 Å². The van der Waals surface area contributed by atoms with Crippen LogP contribution in [0, 0.1) is 0 Å². The van der Waals surface area contributed by atoms with Gasteiger partial charge in [0.25, 0.3) is 0 Å². The second-order valence-corrected chi connectivity index (χ2v) is 9.35. The smallest absolute Gasteiger partial charge is 0.434 e. The van der Waals surface area contributed by atoms with Crippen molar-refractivity contribution < 1.29 is 57.3 Å². The average molecular weight is 633 g/mol. The number of unbranched alkanes of at least 4 members (excludes halogenated alkanes) is 1. The highest BCUT2D eigenvalue weighted by Crippen LogP contribution is 2.14. The van der Waals surface area contributed by atoms with E-state index < -0.39 is 36.1 Å². The van der Waals surface area contributed by atoms with Crippen LogP contribution >= 0.6 is 0 Å². The van der Waals surface area contributed by atoms with Crippen LogP contribution in [0.15, 0.2) is 60.7 Å². The number of carbonyl (C=O) groups excluding carboxylic acids is 5. The van der Waals surface area contributed by atoms with E-state index in [1.165, 1.54) is 14.2 Å². The van der Waals surface area contributed by atoms with E-state index in [0.717, 1.165) is 28.4 Å². The Bertz CT molecular complexity index is 1200. The Balaban J connectivity index is 1.72. The lowest BCUT2D eigenvalue weighted by Crippen LogP contribution is -2.45. The summed E-state index contributed by atoms with van der Waals surface area (Å²) in [5.41, 5.74) is 1.65. The zero-order valence-electron chi connectivity index (χ0n) is 25.7. The van der Waals surface area contributed by atoms with Crippen molar-refractivity contribution >= 4 is 30.1 Å². The lowest BCUT2D eigenvalue weighted by molar-refractivity contribution is -0.175. The van der Waals surface area contributed by atoms with E-state index in [1.807, 2.05) is 60.7 Å². The van der Waals surface area contributed by atoms with Gasteiger partial charge in [-0.3, -0.25) is 19.3 Å². The van der Waals surface area contributed by atoms with Gasteiger partial charge in [-0.05, 0) is 30.4 Å². The van der Waals surface area contributed by atoms with Gasteiger partial charge in [-0.2, -0.15) is 10.1 Å². The molecule has 2 aromatic carbocycles. The highest BCUT2D eigenvalue weighted by Gasteiger charge is 2.32. The maximum absolute atomic E-state index is 12.6. The molecule has 0 aliphatic heterocycles. The number of hydroxylamine groups is 4. The number of ether oxygens (including phenoxy) is 5. The lowest BCUT2D eigenvalue weighted by atomic mass is 10.1. The SMILES string of the molecule is COC(=O)[C@@H](CCCCN(OC)C(=O)OCCC(=O)OCc1ccccc1)N(OC)C(=O)OCCC(=O)OCc1ccccc1. The quantitative estimate of drug-likeness (QED) is 0.0952. The second-order valence-electron chi connectivity index (χ2n) is 9.35. The molecule has 0 saturated heterocycles. The maximum Gasteiger partial charge on any atom is 0.434 e. The third-order valence-electron chi connectivity index (χ3n) is 6.19. The van der Waals surface area contributed by atoms with Crippen LogP contribution in [0.4, 0.5) is 9.59 Å². The first-order valence-corrected chi connectivity index (χ1v) is 14.2. The Morgan fingerprint density at radius 3 is 1.62 bits per heavy atom. The van der Waals surface area contributed by atoms with E-state index >= 15 is 0 Å². The number of amides is 2. The predicted molar refractivity (Wildman–Crippen MR) is 157 cm³/mol. The Labute approximate surface area is 261 Å². The van der Waals surface area contributed by atoms with Crippen molar-refractivity contribution in [2.45, 2.75) is 51.4 Å². The fourth-order valence-electron chi connectivity index (χ4n) is 3.85. The summed E-state index contributed by atoms with van der Waals surface area (Å²) in [6, 6.07) is 17.1. The average Bonchev–Trinajstić information content (AvgIpc) is 3.06. The number of methoxy groups -OCH3 is 1. The van der Waals surface area contributed by atoms with Crippen LogP contribution in [0.3, 0.4) is 0 Å². The lowest BCUT2D eigenvalue weighted by Gasteiger charge is -2.26. The summed E-state index contributed by atoms with van der Waals surface area (Å²) in [5, 5.41) is 1.68. The van der Waals surface area contributed by atoms with Crippen LogP contribution in [-0.2, 0) is 61.0 Å². The molecule has 246 valence electrons. The summed E-state index contributed by atoms with van der Waals surface area (Å²) >= 11 is 0. The van der Waals surface area contributed by atoms with Gasteiger partial charge >= 0.3 is 30.1 Å². The fraction of sp³-hybridized carbons (Fsp3) is 0.452. The minimum absolute atomic E-state index is 0.0875. The summed E-state index contributed by atoms with van der Waals surface area (Å²) in [7, 11) is 3.63. The molecular weight excluding hydrogens is 592 g/mol. The molecule has 14 nitrogen and oxygen atoms in total. The van der Waals surface area contributed by atoms with Crippen molar-refractivity contribution in [3.05, 3.63) is 71.8 Å². The molecule has 2 rings (SSSR count). The first-order valence-electron chi connectivity index (χ1n) is 14.2. The minimum atomic E-state index is -1.16. The fourth-order valence-corrected chi connectivity index (χ4v) is 3.85. The third kappa shape index (κ3) is 14.1. The molecule has 0 aliphatic rings. The molecule has 2 amide bonds. The zero-order chi connectivity index (χ0) is 32.9. The molecule has 0 heterocycles. The predicted octanol–water partition coefficient (Wildman–Crippen LogP) is 3.97. The molecule has 2 aromatic rings. The molecule has 0 aromatic heterocycles. The molecule has 0 bridgehead atoms. The van der Waals surface area contributed by atoms with Gasteiger partial charge in [0, 0.05) is 0 Å². The third-order valence-corrected chi connectivity index (χ3v) is 6.19. The van der Waals surface area contributed by atoms with Crippen molar-refractivity contribution in [3.63, 3.8) is 0 Å². The topological polar surface area (TPSA) is 156 Å². The van der Waals surface area contributed by atoms with Crippen molar-refractivity contribution in [3.8, 4) is 0 Å². The summed E-state index contributed by atoms with van der Waals surface area (Å²) < 4.78 is 25.3. The molecule has 0 saturated carbocycles.